The number of ketones is 3. The first-order valence-corrected chi connectivity index (χ1v) is 8.11. The molecule has 0 amide bonds. The monoisotopic (exact) mass is 607 g/mol. The fraction of sp³-hybridized carbons (Fsp3) is 0.200. The van der Waals surface area contributed by atoms with Crippen LogP contribution < -0.4 is 0 Å². The van der Waals surface area contributed by atoms with Crippen LogP contribution in [0.1, 0.15) is 33.3 Å². The van der Waals surface area contributed by atoms with E-state index in [0.29, 0.717) is 23.7 Å². The van der Waals surface area contributed by atoms with Gasteiger partial charge in [-0.2, -0.15) is 0 Å². The van der Waals surface area contributed by atoms with Crippen molar-refractivity contribution in [2.45, 2.75) is 27.7 Å². The van der Waals surface area contributed by atoms with Crippen LogP contribution in [-0.2, 0) is 65.6 Å². The first kappa shape index (κ1) is 40.6. The van der Waals surface area contributed by atoms with E-state index < -0.39 is 10.7 Å². The van der Waals surface area contributed by atoms with Crippen molar-refractivity contribution in [2.24, 2.45) is 0 Å². The number of aliphatic hydroxyl groups is 3. The van der Waals surface area contributed by atoms with Crippen LogP contribution in [0.4, 0.5) is 5.69 Å². The van der Waals surface area contributed by atoms with Crippen molar-refractivity contribution in [2.75, 3.05) is 0 Å². The fourth-order valence-corrected chi connectivity index (χ4v) is 1.42. The molecule has 193 valence electrons. The second kappa shape index (κ2) is 22.5. The number of non-ortho nitro benzene ring substituents is 1. The topological polar surface area (TPSA) is 159 Å². The molecule has 10 nitrogen and oxygen atoms in total. The summed E-state index contributed by atoms with van der Waals surface area (Å²) in [6.45, 7) is 11.8. The summed E-state index contributed by atoms with van der Waals surface area (Å²) in [7, 11) is 0. The minimum absolute atomic E-state index is 0. The van der Waals surface area contributed by atoms with Crippen molar-refractivity contribution in [1.29, 1.82) is 0 Å². The normalized spacial score (nSPS) is 9.97. The largest absolute Gasteiger partial charge is 0.526 e. The molecule has 0 spiro atoms. The minimum Gasteiger partial charge on any atom is -0.526 e. The zero-order chi connectivity index (χ0) is 23.9. The van der Waals surface area contributed by atoms with Crippen LogP contribution in [0.5, 0.6) is 0 Å². The van der Waals surface area contributed by atoms with Gasteiger partial charge in [0.15, 0.2) is 17.3 Å². The number of rotatable bonds is 5. The van der Waals surface area contributed by atoms with Crippen molar-refractivity contribution in [1.82, 2.24) is 0 Å². The SMILES string of the molecule is CC(=O)C(=CO)c1ccc([N+](=O)[O-])cc1.CC(=O)C(C)=CO.[C-]#[N+]C(=CO)C(C)=O.[Cu].[Cu].[Cu]. The van der Waals surface area contributed by atoms with Gasteiger partial charge in [0.05, 0.1) is 35.9 Å². The van der Waals surface area contributed by atoms with Crippen LogP contribution in [0, 0.1) is 16.7 Å². The van der Waals surface area contributed by atoms with Gasteiger partial charge in [0.2, 0.25) is 0 Å². The Bertz CT molecular complexity index is 918. The predicted molar refractivity (Wildman–Crippen MR) is 109 cm³/mol. The summed E-state index contributed by atoms with van der Waals surface area (Å²) in [5, 5.41) is 35.4. The van der Waals surface area contributed by atoms with Gasteiger partial charge in [-0.15, -0.1) is 0 Å². The van der Waals surface area contributed by atoms with Gasteiger partial charge in [0.25, 0.3) is 11.4 Å². The van der Waals surface area contributed by atoms with Gasteiger partial charge in [0, 0.05) is 68.9 Å². The molecule has 1 aromatic rings. The average Bonchev–Trinajstić information content (AvgIpc) is 2.69. The van der Waals surface area contributed by atoms with E-state index >= 15 is 0 Å². The maximum absolute atomic E-state index is 11.0. The second-order valence-corrected chi connectivity index (χ2v) is 5.45. The molecule has 0 bridgehead atoms. The van der Waals surface area contributed by atoms with E-state index in [1.54, 1.807) is 6.92 Å². The van der Waals surface area contributed by atoms with E-state index in [-0.39, 0.29) is 79.7 Å². The summed E-state index contributed by atoms with van der Waals surface area (Å²) in [5.41, 5.74) is 0.685. The zero-order valence-corrected chi connectivity index (χ0v) is 20.5. The third-order valence-electron chi connectivity index (χ3n) is 3.25. The van der Waals surface area contributed by atoms with Gasteiger partial charge < -0.3 is 20.1 Å². The van der Waals surface area contributed by atoms with Gasteiger partial charge in [0.1, 0.15) is 0 Å². The number of hydrogen-bond acceptors (Lipinski definition) is 8. The maximum Gasteiger partial charge on any atom is 0.269 e. The van der Waals surface area contributed by atoms with E-state index in [0.717, 1.165) is 6.26 Å². The molecular weight excluding hydrogens is 587 g/mol. The number of aliphatic hydroxyl groups excluding tert-OH is 3. The van der Waals surface area contributed by atoms with Gasteiger partial charge in [-0.1, -0.05) is 0 Å². The Morgan fingerprint density at radius 3 is 1.45 bits per heavy atom. The van der Waals surface area contributed by atoms with Crippen molar-refractivity contribution in [3.8, 4) is 0 Å². The number of benzene rings is 1. The van der Waals surface area contributed by atoms with E-state index in [2.05, 4.69) is 4.85 Å². The van der Waals surface area contributed by atoms with E-state index in [1.165, 1.54) is 45.0 Å². The third kappa shape index (κ3) is 17.5. The van der Waals surface area contributed by atoms with Crippen molar-refractivity contribution < 1.29 is 85.8 Å². The molecule has 0 aliphatic heterocycles. The summed E-state index contributed by atoms with van der Waals surface area (Å²) >= 11 is 0. The van der Waals surface area contributed by atoms with Crippen LogP contribution in [0.25, 0.3) is 10.4 Å². The Morgan fingerprint density at radius 2 is 1.30 bits per heavy atom. The Labute approximate surface area is 222 Å². The molecule has 0 aliphatic rings. The fourth-order valence-electron chi connectivity index (χ4n) is 1.42. The van der Waals surface area contributed by atoms with Crippen LogP contribution in [0.2, 0.25) is 0 Å². The number of nitrogens with zero attached hydrogens (tertiary/aromatic N) is 2. The van der Waals surface area contributed by atoms with E-state index in [4.69, 9.17) is 21.9 Å². The number of allylic oxidation sites excluding steroid dienone is 3. The molecule has 1 rings (SSSR count). The molecule has 0 atom stereocenters. The molecule has 33 heavy (non-hydrogen) atoms. The summed E-state index contributed by atoms with van der Waals surface area (Å²) in [6.07, 6.45) is 2.02. The third-order valence-corrected chi connectivity index (χ3v) is 3.25. The standard InChI is InChI=1S/C10H9NO4.C5H5NO2.C5H8O2.3Cu/c1-7(13)10(6-12)8-2-4-9(5-3-8)11(14)15;1-4(8)5(3-7)6-2;1-4(3-6)5(2)7;;;/h2-6,12H,1H3;3,7H,1H3;3,6H,1-2H3;;;. The average molecular weight is 609 g/mol. The summed E-state index contributed by atoms with van der Waals surface area (Å²) in [4.78, 5) is 43.9. The van der Waals surface area contributed by atoms with Crippen LogP contribution in [0.3, 0.4) is 0 Å². The van der Waals surface area contributed by atoms with Crippen molar-refractivity contribution in [3.63, 3.8) is 0 Å². The smallest absolute Gasteiger partial charge is 0.269 e. The number of Topliss-reactive ketones (excluding diaryl/α,β-unsaturated/α-hetero) is 3. The molecular formula is C20H22Cu3N2O8. The maximum atomic E-state index is 11.0. The van der Waals surface area contributed by atoms with Crippen molar-refractivity contribution >= 4 is 28.6 Å². The van der Waals surface area contributed by atoms with Gasteiger partial charge in [-0.05, 0) is 45.4 Å². The Kier molecular flexibility index (Phi) is 27.7. The Morgan fingerprint density at radius 1 is 0.848 bits per heavy atom. The number of nitro benzene ring substituents is 1. The van der Waals surface area contributed by atoms with Crippen molar-refractivity contribution in [3.05, 3.63) is 81.4 Å². The number of nitro groups is 1. The molecule has 0 fully saturated rings. The second-order valence-electron chi connectivity index (χ2n) is 5.45. The summed E-state index contributed by atoms with van der Waals surface area (Å²) < 4.78 is 0. The summed E-state index contributed by atoms with van der Waals surface area (Å²) in [6, 6.07) is 5.40. The first-order chi connectivity index (χ1) is 14.0. The Hall–Kier alpha value is -2.70. The molecule has 0 aliphatic carbocycles. The van der Waals surface area contributed by atoms with E-state index in [1.807, 2.05) is 0 Å². The molecule has 13 heteroatoms. The quantitative estimate of drug-likeness (QED) is 0.113. The molecule has 0 unspecified atom stereocenters. The van der Waals surface area contributed by atoms with Crippen LogP contribution >= 0.6 is 0 Å². The van der Waals surface area contributed by atoms with Gasteiger partial charge in [-0.25, -0.2) is 4.85 Å². The molecule has 1 aromatic carbocycles. The molecule has 0 heterocycles. The van der Waals surface area contributed by atoms with Crippen LogP contribution in [0.15, 0.2) is 54.3 Å². The molecule has 0 saturated heterocycles. The summed E-state index contributed by atoms with van der Waals surface area (Å²) in [5.74, 6) is -0.809. The number of hydrogen-bond donors (Lipinski definition) is 3. The molecule has 3 N–H and O–H groups in total. The molecule has 3 radical (unpaired) electrons. The molecule has 0 aromatic heterocycles. The first-order valence-electron chi connectivity index (χ1n) is 8.11. The molecule has 0 saturated carbocycles. The van der Waals surface area contributed by atoms with Gasteiger partial charge in [-0.3, -0.25) is 19.7 Å². The number of carbonyl (C=O) groups excluding carboxylic acids is 3. The number of carbonyl (C=O) groups is 3. The minimum atomic E-state index is -0.528. The zero-order valence-electron chi connectivity index (χ0n) is 17.7. The Balaban J connectivity index is -0.000000125. The van der Waals surface area contributed by atoms with E-state index in [9.17, 15) is 24.5 Å². The van der Waals surface area contributed by atoms with Gasteiger partial charge >= 0.3 is 0 Å². The van der Waals surface area contributed by atoms with Crippen LogP contribution in [-0.4, -0.2) is 37.6 Å². The predicted octanol–water partition coefficient (Wildman–Crippen LogP) is 4.01.